The molecule has 2 aliphatic heterocycles. The molecular formula is C22H25N3O2. The molecule has 2 aromatic carbocycles. The molecule has 0 bridgehead atoms. The molecule has 1 fully saturated rings. The number of anilines is 1. The van der Waals surface area contributed by atoms with Gasteiger partial charge in [0.25, 0.3) is 0 Å². The van der Waals surface area contributed by atoms with Gasteiger partial charge in [0.2, 0.25) is 11.8 Å². The topological polar surface area (TPSA) is 43.9 Å². The van der Waals surface area contributed by atoms with Crippen LogP contribution in [-0.4, -0.2) is 53.8 Å². The van der Waals surface area contributed by atoms with Crippen LogP contribution in [-0.2, 0) is 22.6 Å². The molecule has 27 heavy (non-hydrogen) atoms. The zero-order valence-electron chi connectivity index (χ0n) is 15.7. The summed E-state index contributed by atoms with van der Waals surface area (Å²) in [4.78, 5) is 31.3. The van der Waals surface area contributed by atoms with E-state index in [9.17, 15) is 9.59 Å². The summed E-state index contributed by atoms with van der Waals surface area (Å²) in [6.45, 7) is 4.91. The number of hydrogen-bond acceptors (Lipinski definition) is 3. The highest BCUT2D eigenvalue weighted by molar-refractivity contribution is 5.98. The third-order valence-electron chi connectivity index (χ3n) is 5.67. The van der Waals surface area contributed by atoms with E-state index in [1.165, 1.54) is 11.1 Å². The Hall–Kier alpha value is -2.66. The molecule has 2 aliphatic rings. The van der Waals surface area contributed by atoms with Gasteiger partial charge in [0.1, 0.15) is 6.54 Å². The van der Waals surface area contributed by atoms with Crippen molar-refractivity contribution in [2.24, 2.45) is 0 Å². The minimum Gasteiger partial charge on any atom is -0.330 e. The van der Waals surface area contributed by atoms with Gasteiger partial charge in [-0.3, -0.25) is 14.5 Å². The highest BCUT2D eigenvalue weighted by Gasteiger charge is 2.33. The number of nitrogens with zero attached hydrogens (tertiary/aromatic N) is 3. The summed E-state index contributed by atoms with van der Waals surface area (Å²) < 4.78 is 0. The van der Waals surface area contributed by atoms with Gasteiger partial charge >= 0.3 is 0 Å². The number of carbonyl (C=O) groups is 2. The Morgan fingerprint density at radius 3 is 2.33 bits per heavy atom. The van der Waals surface area contributed by atoms with Gasteiger partial charge in [-0.15, -0.1) is 0 Å². The van der Waals surface area contributed by atoms with Gasteiger partial charge < -0.3 is 9.80 Å². The summed E-state index contributed by atoms with van der Waals surface area (Å²) in [6.07, 6.45) is 0.967. The van der Waals surface area contributed by atoms with E-state index in [0.29, 0.717) is 13.1 Å². The minimum atomic E-state index is -0.213. The minimum absolute atomic E-state index is 0.0167. The highest BCUT2D eigenvalue weighted by atomic mass is 16.2. The zero-order chi connectivity index (χ0) is 18.8. The summed E-state index contributed by atoms with van der Waals surface area (Å²) >= 11 is 0. The molecule has 5 nitrogen and oxygen atoms in total. The van der Waals surface area contributed by atoms with Gasteiger partial charge in [-0.05, 0) is 36.6 Å². The molecule has 0 aromatic heterocycles. The fourth-order valence-corrected chi connectivity index (χ4v) is 4.01. The molecule has 0 N–H and O–H groups in total. The van der Waals surface area contributed by atoms with Crippen LogP contribution in [0.15, 0.2) is 54.6 Å². The van der Waals surface area contributed by atoms with E-state index in [-0.39, 0.29) is 24.4 Å². The number of amides is 2. The van der Waals surface area contributed by atoms with Gasteiger partial charge in [0, 0.05) is 31.9 Å². The second-order valence-electron chi connectivity index (χ2n) is 7.31. The quantitative estimate of drug-likeness (QED) is 0.841. The first kappa shape index (κ1) is 17.7. The average molecular weight is 363 g/mol. The number of rotatable bonds is 3. The standard InChI is InChI=1S/C22H25N3O2/c1-17(23-12-11-18-7-5-6-8-19(18)15-23)22(27)24-13-14-25(21(26)16-24)20-9-3-2-4-10-20/h2-10,17H,11-16H2,1H3/t17-/m1/s1. The maximum Gasteiger partial charge on any atom is 0.246 e. The van der Waals surface area contributed by atoms with Crippen LogP contribution in [0.4, 0.5) is 5.69 Å². The lowest BCUT2D eigenvalue weighted by Gasteiger charge is -2.39. The molecule has 0 spiro atoms. The maximum absolute atomic E-state index is 13.0. The van der Waals surface area contributed by atoms with Crippen LogP contribution in [0.1, 0.15) is 18.1 Å². The Balaban J connectivity index is 1.40. The third kappa shape index (κ3) is 3.60. The van der Waals surface area contributed by atoms with Crippen LogP contribution in [0, 0.1) is 0 Å². The number of hydrogen-bond donors (Lipinski definition) is 0. The number of benzene rings is 2. The largest absolute Gasteiger partial charge is 0.330 e. The molecule has 5 heteroatoms. The SMILES string of the molecule is C[C@H](C(=O)N1CCN(c2ccccc2)C(=O)C1)N1CCc2ccccc2C1. The second kappa shape index (κ2) is 7.53. The monoisotopic (exact) mass is 363 g/mol. The van der Waals surface area contributed by atoms with E-state index >= 15 is 0 Å². The Labute approximate surface area is 160 Å². The van der Waals surface area contributed by atoms with Crippen LogP contribution in [0.3, 0.4) is 0 Å². The van der Waals surface area contributed by atoms with Crippen LogP contribution in [0.5, 0.6) is 0 Å². The lowest BCUT2D eigenvalue weighted by Crippen LogP contribution is -2.57. The van der Waals surface area contributed by atoms with E-state index in [1.54, 1.807) is 9.80 Å². The van der Waals surface area contributed by atoms with Gasteiger partial charge in [0.15, 0.2) is 0 Å². The third-order valence-corrected chi connectivity index (χ3v) is 5.67. The highest BCUT2D eigenvalue weighted by Crippen LogP contribution is 2.22. The molecule has 2 amide bonds. The van der Waals surface area contributed by atoms with E-state index in [4.69, 9.17) is 0 Å². The van der Waals surface area contributed by atoms with Crippen molar-refractivity contribution in [2.45, 2.75) is 25.9 Å². The summed E-state index contributed by atoms with van der Waals surface area (Å²) in [7, 11) is 0. The van der Waals surface area contributed by atoms with E-state index in [2.05, 4.69) is 29.2 Å². The fourth-order valence-electron chi connectivity index (χ4n) is 4.01. The van der Waals surface area contributed by atoms with Crippen molar-refractivity contribution in [2.75, 3.05) is 31.1 Å². The van der Waals surface area contributed by atoms with Crippen molar-refractivity contribution in [3.05, 3.63) is 65.7 Å². The molecule has 2 heterocycles. The van der Waals surface area contributed by atoms with Crippen molar-refractivity contribution in [1.82, 2.24) is 9.80 Å². The predicted octanol–water partition coefficient (Wildman–Crippen LogP) is 2.31. The maximum atomic E-state index is 13.0. The molecular weight excluding hydrogens is 338 g/mol. The van der Waals surface area contributed by atoms with Crippen LogP contribution in [0.2, 0.25) is 0 Å². The number of piperazine rings is 1. The second-order valence-corrected chi connectivity index (χ2v) is 7.31. The number of carbonyl (C=O) groups excluding carboxylic acids is 2. The number of para-hydroxylation sites is 1. The molecule has 0 saturated carbocycles. The van der Waals surface area contributed by atoms with Gasteiger partial charge in [-0.2, -0.15) is 0 Å². The summed E-state index contributed by atoms with van der Waals surface area (Å²) in [6, 6.07) is 17.9. The molecule has 1 atom stereocenters. The van der Waals surface area contributed by atoms with E-state index in [1.807, 2.05) is 37.3 Å². The first-order valence-electron chi connectivity index (χ1n) is 9.58. The van der Waals surface area contributed by atoms with Crippen molar-refractivity contribution in [1.29, 1.82) is 0 Å². The van der Waals surface area contributed by atoms with Crippen molar-refractivity contribution in [3.63, 3.8) is 0 Å². The smallest absolute Gasteiger partial charge is 0.246 e. The van der Waals surface area contributed by atoms with E-state index < -0.39 is 0 Å². The van der Waals surface area contributed by atoms with Gasteiger partial charge in [-0.1, -0.05) is 42.5 Å². The molecule has 140 valence electrons. The Kier molecular flexibility index (Phi) is 4.94. The molecule has 1 saturated heterocycles. The lowest BCUT2D eigenvalue weighted by molar-refractivity contribution is -0.141. The van der Waals surface area contributed by atoms with Gasteiger partial charge in [-0.25, -0.2) is 0 Å². The lowest BCUT2D eigenvalue weighted by atomic mass is 9.98. The summed E-state index contributed by atoms with van der Waals surface area (Å²) in [5, 5.41) is 0. The molecule has 4 rings (SSSR count). The fraction of sp³-hybridized carbons (Fsp3) is 0.364. The predicted molar refractivity (Wildman–Crippen MR) is 105 cm³/mol. The molecule has 0 aliphatic carbocycles. The molecule has 0 radical (unpaired) electrons. The Bertz CT molecular complexity index is 836. The van der Waals surface area contributed by atoms with Crippen molar-refractivity contribution < 1.29 is 9.59 Å². The summed E-state index contributed by atoms with van der Waals surface area (Å²) in [5.74, 6) is 0.0347. The van der Waals surface area contributed by atoms with Gasteiger partial charge in [0.05, 0.1) is 6.04 Å². The summed E-state index contributed by atoms with van der Waals surface area (Å²) in [5.41, 5.74) is 3.57. The van der Waals surface area contributed by atoms with Crippen LogP contribution in [0.25, 0.3) is 0 Å². The normalized spacial score (nSPS) is 18.9. The Morgan fingerprint density at radius 1 is 0.889 bits per heavy atom. The van der Waals surface area contributed by atoms with Crippen molar-refractivity contribution >= 4 is 17.5 Å². The number of fused-ring (bicyclic) bond motifs is 1. The van der Waals surface area contributed by atoms with E-state index in [0.717, 1.165) is 25.2 Å². The molecule has 0 unspecified atom stereocenters. The average Bonchev–Trinajstić information content (AvgIpc) is 2.73. The Morgan fingerprint density at radius 2 is 1.59 bits per heavy atom. The van der Waals surface area contributed by atoms with Crippen LogP contribution < -0.4 is 4.90 Å². The first-order chi connectivity index (χ1) is 13.1. The first-order valence-corrected chi connectivity index (χ1v) is 9.58. The van der Waals surface area contributed by atoms with Crippen molar-refractivity contribution in [3.8, 4) is 0 Å². The zero-order valence-corrected chi connectivity index (χ0v) is 15.7. The molecule has 2 aromatic rings. The van der Waals surface area contributed by atoms with Crippen LogP contribution >= 0.6 is 0 Å².